The predicted octanol–water partition coefficient (Wildman–Crippen LogP) is 3.97. The van der Waals surface area contributed by atoms with Crippen LogP contribution in [0.15, 0.2) is 21.5 Å². The number of pyridine rings is 1. The van der Waals surface area contributed by atoms with Crippen LogP contribution >= 0.6 is 15.9 Å². The molecule has 0 aromatic carbocycles. The predicted molar refractivity (Wildman–Crippen MR) is 96.8 cm³/mol. The van der Waals surface area contributed by atoms with Crippen LogP contribution < -0.4 is 10.9 Å². The van der Waals surface area contributed by atoms with Crippen LogP contribution in [0.3, 0.4) is 0 Å². The molecule has 2 rings (SSSR count). The number of urea groups is 1. The van der Waals surface area contributed by atoms with Crippen molar-refractivity contribution in [2.75, 3.05) is 11.9 Å². The lowest BCUT2D eigenvalue weighted by Gasteiger charge is -2.31. The Labute approximate surface area is 146 Å². The Hall–Kier alpha value is -1.30. The summed E-state index contributed by atoms with van der Waals surface area (Å²) in [5.41, 5.74) is 0.121. The van der Waals surface area contributed by atoms with E-state index in [-0.39, 0.29) is 17.6 Å². The lowest BCUT2D eigenvalue weighted by atomic mass is 9.99. The second-order valence-corrected chi connectivity index (χ2v) is 7.66. The van der Waals surface area contributed by atoms with Gasteiger partial charge in [0.05, 0.1) is 0 Å². The zero-order valence-electron chi connectivity index (χ0n) is 14.1. The molecule has 1 fully saturated rings. The third-order valence-electron chi connectivity index (χ3n) is 4.27. The molecule has 23 heavy (non-hydrogen) atoms. The molecule has 0 spiro atoms. The van der Waals surface area contributed by atoms with Gasteiger partial charge in [0.15, 0.2) is 0 Å². The Morgan fingerprint density at radius 2 is 2.13 bits per heavy atom. The van der Waals surface area contributed by atoms with E-state index in [1.54, 1.807) is 19.3 Å². The number of hydrogen-bond donors (Lipinski definition) is 1. The molecule has 1 N–H and O–H groups in total. The van der Waals surface area contributed by atoms with Gasteiger partial charge in [-0.3, -0.25) is 4.79 Å². The van der Waals surface area contributed by atoms with Gasteiger partial charge in [-0.2, -0.15) is 0 Å². The molecule has 1 aromatic rings. The van der Waals surface area contributed by atoms with Gasteiger partial charge in [-0.05, 0) is 47.2 Å². The van der Waals surface area contributed by atoms with Crippen molar-refractivity contribution in [3.05, 3.63) is 27.1 Å². The van der Waals surface area contributed by atoms with E-state index in [2.05, 4.69) is 35.1 Å². The van der Waals surface area contributed by atoms with Crippen LogP contribution in [0.2, 0.25) is 0 Å². The molecule has 1 atom stereocenters. The number of carbonyl (C=O) groups is 1. The summed E-state index contributed by atoms with van der Waals surface area (Å²) in [6.07, 6.45) is 7.09. The Morgan fingerprint density at radius 1 is 1.39 bits per heavy atom. The van der Waals surface area contributed by atoms with Crippen molar-refractivity contribution in [3.8, 4) is 0 Å². The van der Waals surface area contributed by atoms with E-state index in [0.29, 0.717) is 11.6 Å². The summed E-state index contributed by atoms with van der Waals surface area (Å²) >= 11 is 3.37. The van der Waals surface area contributed by atoms with E-state index in [4.69, 9.17) is 0 Å². The van der Waals surface area contributed by atoms with E-state index in [9.17, 15) is 9.59 Å². The first-order valence-electron chi connectivity index (χ1n) is 8.32. The van der Waals surface area contributed by atoms with E-state index >= 15 is 0 Å². The molecule has 1 aliphatic heterocycles. The summed E-state index contributed by atoms with van der Waals surface area (Å²) < 4.78 is 2.23. The van der Waals surface area contributed by atoms with Crippen molar-refractivity contribution < 1.29 is 4.79 Å². The Balaban J connectivity index is 2.18. The molecule has 0 aliphatic carbocycles. The normalized spacial score (nSPS) is 18.8. The van der Waals surface area contributed by atoms with Crippen molar-refractivity contribution in [3.63, 3.8) is 0 Å². The second-order valence-electron chi connectivity index (χ2n) is 6.74. The number of rotatable bonds is 3. The summed E-state index contributed by atoms with van der Waals surface area (Å²) in [7, 11) is 1.68. The van der Waals surface area contributed by atoms with Crippen LogP contribution in [0.5, 0.6) is 0 Å². The number of carbonyl (C=O) groups excluding carboxylic acids is 1. The number of aromatic nitrogens is 1. The van der Waals surface area contributed by atoms with E-state index in [1.165, 1.54) is 11.0 Å². The summed E-state index contributed by atoms with van der Waals surface area (Å²) in [6, 6.07) is 1.76. The molecule has 0 unspecified atom stereocenters. The number of nitrogens with zero attached hydrogens (tertiary/aromatic N) is 2. The van der Waals surface area contributed by atoms with Gasteiger partial charge in [0, 0.05) is 30.3 Å². The van der Waals surface area contributed by atoms with Gasteiger partial charge in [0.2, 0.25) is 0 Å². The van der Waals surface area contributed by atoms with E-state index in [1.807, 2.05) is 4.90 Å². The lowest BCUT2D eigenvalue weighted by molar-refractivity contribution is 0.178. The standard InChI is InChI=1S/C17H26BrN3O2/c1-12(2)9-14-7-5-4-6-8-21(14)17(23)19-15-10-13(18)11-20(3)16(15)22/h10-12,14H,4-9H2,1-3H3,(H,19,23)/t14-/m0/s1. The molecule has 2 amide bonds. The van der Waals surface area contributed by atoms with Gasteiger partial charge >= 0.3 is 6.03 Å². The molecule has 0 saturated carbocycles. The third-order valence-corrected chi connectivity index (χ3v) is 4.71. The van der Waals surface area contributed by atoms with Crippen LogP contribution in [0.25, 0.3) is 0 Å². The Kier molecular flexibility index (Phi) is 6.27. The summed E-state index contributed by atoms with van der Waals surface area (Å²) in [6.45, 7) is 5.13. The first-order chi connectivity index (χ1) is 10.9. The molecule has 0 radical (unpaired) electrons. The Morgan fingerprint density at radius 3 is 2.83 bits per heavy atom. The summed E-state index contributed by atoms with van der Waals surface area (Å²) in [4.78, 5) is 26.8. The molecule has 128 valence electrons. The highest BCUT2D eigenvalue weighted by Crippen LogP contribution is 2.23. The second kappa shape index (κ2) is 7.99. The molecule has 0 bridgehead atoms. The van der Waals surface area contributed by atoms with Gasteiger partial charge in [-0.25, -0.2) is 4.79 Å². The lowest BCUT2D eigenvalue weighted by Crippen LogP contribution is -2.44. The zero-order chi connectivity index (χ0) is 17.0. The van der Waals surface area contributed by atoms with Crippen molar-refractivity contribution in [1.29, 1.82) is 0 Å². The average molecular weight is 384 g/mol. The maximum atomic E-state index is 12.7. The first kappa shape index (κ1) is 18.0. The minimum atomic E-state index is -0.197. The highest BCUT2D eigenvalue weighted by molar-refractivity contribution is 9.10. The summed E-state index contributed by atoms with van der Waals surface area (Å²) in [5.74, 6) is 0.548. The fourth-order valence-corrected chi connectivity index (χ4v) is 3.72. The van der Waals surface area contributed by atoms with Gasteiger partial charge in [0.25, 0.3) is 5.56 Å². The van der Waals surface area contributed by atoms with Crippen molar-refractivity contribution in [1.82, 2.24) is 9.47 Å². The number of amides is 2. The highest BCUT2D eigenvalue weighted by atomic mass is 79.9. The van der Waals surface area contributed by atoms with Crippen LogP contribution in [0.1, 0.15) is 46.0 Å². The number of nitrogens with one attached hydrogen (secondary N) is 1. The topological polar surface area (TPSA) is 54.3 Å². The van der Waals surface area contributed by atoms with Crippen molar-refractivity contribution >= 4 is 27.6 Å². The average Bonchev–Trinajstić information content (AvgIpc) is 2.69. The van der Waals surface area contributed by atoms with Gasteiger partial charge < -0.3 is 14.8 Å². The van der Waals surface area contributed by atoms with E-state index < -0.39 is 0 Å². The molecule has 5 nitrogen and oxygen atoms in total. The quantitative estimate of drug-likeness (QED) is 0.858. The molecule has 6 heteroatoms. The first-order valence-corrected chi connectivity index (χ1v) is 9.11. The maximum Gasteiger partial charge on any atom is 0.322 e. The van der Waals surface area contributed by atoms with Crippen molar-refractivity contribution in [2.45, 2.75) is 52.0 Å². The third kappa shape index (κ3) is 4.83. The van der Waals surface area contributed by atoms with Crippen molar-refractivity contribution in [2.24, 2.45) is 13.0 Å². The number of aryl methyl sites for hydroxylation is 1. The molecular formula is C17H26BrN3O2. The fraction of sp³-hybridized carbons (Fsp3) is 0.647. The SMILES string of the molecule is CC(C)C[C@@H]1CCCCCN1C(=O)Nc1cc(Br)cn(C)c1=O. The minimum absolute atomic E-state index is 0.159. The molecule has 2 heterocycles. The molecule has 1 saturated heterocycles. The fourth-order valence-electron chi connectivity index (χ4n) is 3.18. The van der Waals surface area contributed by atoms with Crippen LogP contribution in [0.4, 0.5) is 10.5 Å². The molecular weight excluding hydrogens is 358 g/mol. The maximum absolute atomic E-state index is 12.7. The van der Waals surface area contributed by atoms with Gasteiger partial charge in [-0.1, -0.05) is 26.7 Å². The number of hydrogen-bond acceptors (Lipinski definition) is 2. The van der Waals surface area contributed by atoms with E-state index in [0.717, 1.165) is 36.7 Å². The smallest absolute Gasteiger partial charge is 0.322 e. The van der Waals surface area contributed by atoms with Crippen LogP contribution in [-0.2, 0) is 7.05 Å². The molecule has 1 aliphatic rings. The van der Waals surface area contributed by atoms with Crippen LogP contribution in [-0.4, -0.2) is 28.1 Å². The van der Waals surface area contributed by atoms with Gasteiger partial charge in [0.1, 0.15) is 5.69 Å². The Bertz CT molecular complexity index is 612. The number of halogens is 1. The molecule has 1 aromatic heterocycles. The zero-order valence-corrected chi connectivity index (χ0v) is 15.7. The highest BCUT2D eigenvalue weighted by Gasteiger charge is 2.26. The number of anilines is 1. The van der Waals surface area contributed by atoms with Gasteiger partial charge in [-0.15, -0.1) is 0 Å². The number of likely N-dealkylation sites (tertiary alicyclic amines) is 1. The monoisotopic (exact) mass is 383 g/mol. The largest absolute Gasteiger partial charge is 0.322 e. The summed E-state index contributed by atoms with van der Waals surface area (Å²) in [5, 5.41) is 2.82. The van der Waals surface area contributed by atoms with Crippen LogP contribution in [0, 0.1) is 5.92 Å². The minimum Gasteiger partial charge on any atom is -0.322 e.